The lowest BCUT2D eigenvalue weighted by molar-refractivity contribution is -0.116. The number of anilines is 2. The molecule has 3 N–H and O–H groups in total. The Labute approximate surface area is 131 Å². The van der Waals surface area contributed by atoms with E-state index in [4.69, 9.17) is 0 Å². The molecule has 6 heteroatoms. The number of urea groups is 1. The highest BCUT2D eigenvalue weighted by molar-refractivity contribution is 5.99. The van der Waals surface area contributed by atoms with Crippen LogP contribution in [0.1, 0.15) is 25.7 Å². The number of hydrogen-bond donors (Lipinski definition) is 3. The lowest BCUT2D eigenvalue weighted by Crippen LogP contribution is -2.32. The van der Waals surface area contributed by atoms with Crippen LogP contribution in [0, 0.1) is 0 Å². The zero-order valence-corrected chi connectivity index (χ0v) is 13.0. The smallest absolute Gasteiger partial charge is 0.321 e. The summed E-state index contributed by atoms with van der Waals surface area (Å²) in [7, 11) is 1.86. The second-order valence-corrected chi connectivity index (χ2v) is 5.43. The third-order valence-corrected chi connectivity index (χ3v) is 3.67. The number of para-hydroxylation sites is 2. The molecular formula is C16H24N4O2. The van der Waals surface area contributed by atoms with Crippen LogP contribution in [-0.4, -0.2) is 43.5 Å². The van der Waals surface area contributed by atoms with Crippen molar-refractivity contribution in [3.8, 4) is 0 Å². The van der Waals surface area contributed by atoms with Gasteiger partial charge < -0.3 is 20.9 Å². The summed E-state index contributed by atoms with van der Waals surface area (Å²) >= 11 is 0. The minimum absolute atomic E-state index is 0.0434. The minimum atomic E-state index is -0.102. The topological polar surface area (TPSA) is 73.5 Å². The second kappa shape index (κ2) is 8.38. The van der Waals surface area contributed by atoms with Crippen molar-refractivity contribution in [1.29, 1.82) is 0 Å². The van der Waals surface area contributed by atoms with Gasteiger partial charge in [0.2, 0.25) is 5.91 Å². The van der Waals surface area contributed by atoms with Crippen LogP contribution < -0.4 is 16.0 Å². The number of nitrogens with one attached hydrogen (secondary N) is 3. The highest BCUT2D eigenvalue weighted by atomic mass is 16.2. The number of amides is 3. The Kier molecular flexibility index (Phi) is 6.21. The van der Waals surface area contributed by atoms with Crippen molar-refractivity contribution in [2.45, 2.75) is 25.7 Å². The first-order chi connectivity index (χ1) is 10.7. The summed E-state index contributed by atoms with van der Waals surface area (Å²) in [4.78, 5) is 25.9. The number of carbonyl (C=O) groups excluding carboxylic acids is 2. The van der Waals surface area contributed by atoms with Crippen LogP contribution in [0.3, 0.4) is 0 Å². The van der Waals surface area contributed by atoms with E-state index in [0.717, 1.165) is 38.9 Å². The minimum Gasteiger partial charge on any atom is -0.325 e. The molecule has 1 aromatic rings. The lowest BCUT2D eigenvalue weighted by atomic mass is 10.2. The van der Waals surface area contributed by atoms with Crippen LogP contribution in [0.5, 0.6) is 0 Å². The summed E-state index contributed by atoms with van der Waals surface area (Å²) in [5.41, 5.74) is 1.28. The van der Waals surface area contributed by atoms with E-state index in [9.17, 15) is 9.59 Å². The third kappa shape index (κ3) is 4.73. The SMILES string of the molecule is CNCCCC(=O)Nc1ccccc1NC(=O)N1CCCC1. The maximum Gasteiger partial charge on any atom is 0.321 e. The molecule has 1 heterocycles. The van der Waals surface area contributed by atoms with Crippen LogP contribution in [0.25, 0.3) is 0 Å². The molecule has 1 fully saturated rings. The van der Waals surface area contributed by atoms with Crippen molar-refractivity contribution in [3.05, 3.63) is 24.3 Å². The van der Waals surface area contributed by atoms with E-state index in [-0.39, 0.29) is 11.9 Å². The fraction of sp³-hybridized carbons (Fsp3) is 0.500. The Balaban J connectivity index is 1.94. The summed E-state index contributed by atoms with van der Waals surface area (Å²) in [6.07, 6.45) is 3.34. The van der Waals surface area contributed by atoms with Crippen molar-refractivity contribution in [1.82, 2.24) is 10.2 Å². The van der Waals surface area contributed by atoms with Gasteiger partial charge in [-0.2, -0.15) is 0 Å². The molecular weight excluding hydrogens is 280 g/mol. The molecule has 22 heavy (non-hydrogen) atoms. The molecule has 1 aromatic carbocycles. The second-order valence-electron chi connectivity index (χ2n) is 5.43. The highest BCUT2D eigenvalue weighted by Gasteiger charge is 2.18. The third-order valence-electron chi connectivity index (χ3n) is 3.67. The Morgan fingerprint density at radius 3 is 2.36 bits per heavy atom. The van der Waals surface area contributed by atoms with Crippen molar-refractivity contribution in [2.75, 3.05) is 37.3 Å². The van der Waals surface area contributed by atoms with Gasteiger partial charge in [0, 0.05) is 19.5 Å². The molecule has 1 aliphatic heterocycles. The molecule has 6 nitrogen and oxygen atoms in total. The molecule has 3 amide bonds. The lowest BCUT2D eigenvalue weighted by Gasteiger charge is -2.18. The molecule has 1 aliphatic rings. The van der Waals surface area contributed by atoms with E-state index in [1.165, 1.54) is 0 Å². The summed E-state index contributed by atoms with van der Waals surface area (Å²) < 4.78 is 0. The van der Waals surface area contributed by atoms with E-state index in [1.54, 1.807) is 17.0 Å². The number of rotatable bonds is 6. The van der Waals surface area contributed by atoms with Crippen LogP contribution in [0.2, 0.25) is 0 Å². The van der Waals surface area contributed by atoms with Gasteiger partial charge in [-0.25, -0.2) is 4.79 Å². The fourth-order valence-electron chi connectivity index (χ4n) is 2.45. The van der Waals surface area contributed by atoms with Gasteiger partial charge >= 0.3 is 6.03 Å². The highest BCUT2D eigenvalue weighted by Crippen LogP contribution is 2.22. The van der Waals surface area contributed by atoms with Gasteiger partial charge in [0.05, 0.1) is 11.4 Å². The number of hydrogen-bond acceptors (Lipinski definition) is 3. The maximum atomic E-state index is 12.2. The van der Waals surface area contributed by atoms with Crippen molar-refractivity contribution in [2.24, 2.45) is 0 Å². The Morgan fingerprint density at radius 1 is 1.09 bits per heavy atom. The molecule has 0 spiro atoms. The van der Waals surface area contributed by atoms with Gasteiger partial charge in [-0.3, -0.25) is 4.79 Å². The Bertz CT molecular complexity index is 513. The van der Waals surface area contributed by atoms with Crippen molar-refractivity contribution < 1.29 is 9.59 Å². The number of likely N-dealkylation sites (tertiary alicyclic amines) is 1. The maximum absolute atomic E-state index is 12.2. The van der Waals surface area contributed by atoms with Crippen LogP contribution in [-0.2, 0) is 4.79 Å². The first kappa shape index (κ1) is 16.3. The normalized spacial score (nSPS) is 14.0. The van der Waals surface area contributed by atoms with Gasteiger partial charge in [-0.1, -0.05) is 12.1 Å². The summed E-state index contributed by atoms with van der Waals surface area (Å²) in [6.45, 7) is 2.40. The van der Waals surface area contributed by atoms with E-state index >= 15 is 0 Å². The standard InChI is InChI=1S/C16H24N4O2/c1-17-10-6-9-15(21)18-13-7-2-3-8-14(13)19-16(22)20-11-4-5-12-20/h2-3,7-8,17H,4-6,9-12H2,1H3,(H,18,21)(H,19,22). The van der Waals surface area contributed by atoms with Crippen LogP contribution in [0.4, 0.5) is 16.2 Å². The zero-order valence-electron chi connectivity index (χ0n) is 13.0. The van der Waals surface area contributed by atoms with Gasteiger partial charge in [0.1, 0.15) is 0 Å². The molecule has 2 rings (SSSR count). The van der Waals surface area contributed by atoms with E-state index < -0.39 is 0 Å². The molecule has 120 valence electrons. The predicted molar refractivity (Wildman–Crippen MR) is 88.1 cm³/mol. The van der Waals surface area contributed by atoms with Crippen molar-refractivity contribution in [3.63, 3.8) is 0 Å². The van der Waals surface area contributed by atoms with Crippen LogP contribution >= 0.6 is 0 Å². The van der Waals surface area contributed by atoms with Gasteiger partial charge in [0.25, 0.3) is 0 Å². The average Bonchev–Trinajstić information content (AvgIpc) is 3.04. The molecule has 1 saturated heterocycles. The molecule has 0 radical (unpaired) electrons. The first-order valence-electron chi connectivity index (χ1n) is 7.80. The van der Waals surface area contributed by atoms with E-state index in [2.05, 4.69) is 16.0 Å². The first-order valence-corrected chi connectivity index (χ1v) is 7.80. The van der Waals surface area contributed by atoms with Crippen molar-refractivity contribution >= 4 is 23.3 Å². The average molecular weight is 304 g/mol. The number of benzene rings is 1. The number of nitrogens with zero attached hydrogens (tertiary/aromatic N) is 1. The van der Waals surface area contributed by atoms with Crippen LogP contribution in [0.15, 0.2) is 24.3 Å². The number of carbonyl (C=O) groups is 2. The van der Waals surface area contributed by atoms with Gasteiger partial charge in [0.15, 0.2) is 0 Å². The summed E-state index contributed by atoms with van der Waals surface area (Å²) in [5, 5.41) is 8.76. The monoisotopic (exact) mass is 304 g/mol. The Morgan fingerprint density at radius 2 is 1.73 bits per heavy atom. The fourth-order valence-corrected chi connectivity index (χ4v) is 2.45. The van der Waals surface area contributed by atoms with Gasteiger partial charge in [-0.05, 0) is 45.0 Å². The van der Waals surface area contributed by atoms with E-state index in [1.807, 2.05) is 19.2 Å². The zero-order chi connectivity index (χ0) is 15.8. The molecule has 0 atom stereocenters. The molecule has 0 bridgehead atoms. The molecule has 0 saturated carbocycles. The molecule has 0 unspecified atom stereocenters. The predicted octanol–water partition coefficient (Wildman–Crippen LogP) is 2.25. The molecule has 0 aliphatic carbocycles. The van der Waals surface area contributed by atoms with Gasteiger partial charge in [-0.15, -0.1) is 0 Å². The quantitative estimate of drug-likeness (QED) is 0.706. The largest absolute Gasteiger partial charge is 0.325 e. The molecule has 0 aromatic heterocycles. The summed E-state index contributed by atoms with van der Waals surface area (Å²) in [5.74, 6) is -0.0434. The summed E-state index contributed by atoms with van der Waals surface area (Å²) in [6, 6.07) is 7.19. The van der Waals surface area contributed by atoms with E-state index in [0.29, 0.717) is 17.8 Å². The Hall–Kier alpha value is -2.08.